The number of piperazine rings is 1. The van der Waals surface area contributed by atoms with Crippen LogP contribution in [0.25, 0.3) is 0 Å². The van der Waals surface area contributed by atoms with E-state index in [0.717, 1.165) is 0 Å². The van der Waals surface area contributed by atoms with Gasteiger partial charge in [0, 0.05) is 6.54 Å². The lowest BCUT2D eigenvalue weighted by Gasteiger charge is -2.34. The molecule has 1 heterocycles. The molecular formula is C10H16N2O5. The molecule has 0 aromatic heterocycles. The van der Waals surface area contributed by atoms with Gasteiger partial charge in [0.25, 0.3) is 0 Å². The highest BCUT2D eigenvalue weighted by Crippen LogP contribution is 2.10. The minimum absolute atomic E-state index is 0.000918. The number of nitrogens with one attached hydrogen (secondary N) is 1. The SMILES string of the molecule is CCC1C(=O)NC(=O)CN1CC(O)CC(=O)O. The fraction of sp³-hybridized carbons (Fsp3) is 0.700. The number of nitrogens with zero attached hydrogens (tertiary/aromatic N) is 1. The monoisotopic (exact) mass is 244 g/mol. The molecule has 0 saturated carbocycles. The smallest absolute Gasteiger partial charge is 0.306 e. The second-order valence-electron chi connectivity index (χ2n) is 4.02. The maximum Gasteiger partial charge on any atom is 0.306 e. The molecule has 7 heteroatoms. The number of carboxylic acid groups (broad SMARTS) is 1. The zero-order chi connectivity index (χ0) is 13.0. The molecule has 3 N–H and O–H groups in total. The Labute approximate surface area is 98.4 Å². The first-order chi connectivity index (χ1) is 7.93. The Morgan fingerprint density at radius 3 is 2.76 bits per heavy atom. The molecule has 1 aliphatic rings. The summed E-state index contributed by atoms with van der Waals surface area (Å²) < 4.78 is 0. The van der Waals surface area contributed by atoms with Gasteiger partial charge in [-0.25, -0.2) is 0 Å². The molecule has 2 unspecified atom stereocenters. The van der Waals surface area contributed by atoms with E-state index >= 15 is 0 Å². The lowest BCUT2D eigenvalue weighted by molar-refractivity contribution is -0.141. The summed E-state index contributed by atoms with van der Waals surface area (Å²) in [7, 11) is 0. The van der Waals surface area contributed by atoms with Crippen LogP contribution in [0.4, 0.5) is 0 Å². The lowest BCUT2D eigenvalue weighted by atomic mass is 10.1. The molecule has 7 nitrogen and oxygen atoms in total. The quantitative estimate of drug-likeness (QED) is 0.511. The third kappa shape index (κ3) is 3.79. The molecule has 17 heavy (non-hydrogen) atoms. The van der Waals surface area contributed by atoms with Crippen LogP contribution in [0.3, 0.4) is 0 Å². The number of rotatable bonds is 5. The van der Waals surface area contributed by atoms with E-state index in [0.29, 0.717) is 6.42 Å². The van der Waals surface area contributed by atoms with E-state index in [-0.39, 0.29) is 13.1 Å². The van der Waals surface area contributed by atoms with Crippen molar-refractivity contribution in [1.82, 2.24) is 10.2 Å². The number of carboxylic acids is 1. The molecule has 0 bridgehead atoms. The predicted octanol–water partition coefficient (Wildman–Crippen LogP) is -1.44. The van der Waals surface area contributed by atoms with Crippen molar-refractivity contribution in [3.05, 3.63) is 0 Å². The summed E-state index contributed by atoms with van der Waals surface area (Å²) in [6, 6.07) is -0.490. The van der Waals surface area contributed by atoms with E-state index < -0.39 is 36.4 Å². The highest BCUT2D eigenvalue weighted by Gasteiger charge is 2.33. The van der Waals surface area contributed by atoms with Crippen LogP contribution in [0.5, 0.6) is 0 Å². The van der Waals surface area contributed by atoms with E-state index in [1.165, 1.54) is 4.90 Å². The van der Waals surface area contributed by atoms with Crippen LogP contribution in [0.1, 0.15) is 19.8 Å². The van der Waals surface area contributed by atoms with E-state index in [4.69, 9.17) is 5.11 Å². The fourth-order valence-electron chi connectivity index (χ4n) is 1.89. The molecule has 0 radical (unpaired) electrons. The summed E-state index contributed by atoms with van der Waals surface area (Å²) in [5, 5.41) is 20.2. The highest BCUT2D eigenvalue weighted by atomic mass is 16.4. The van der Waals surface area contributed by atoms with Gasteiger partial charge in [-0.05, 0) is 6.42 Å². The van der Waals surface area contributed by atoms with E-state index in [9.17, 15) is 19.5 Å². The van der Waals surface area contributed by atoms with Crippen LogP contribution in [-0.2, 0) is 14.4 Å². The number of imide groups is 1. The maximum absolute atomic E-state index is 11.5. The van der Waals surface area contributed by atoms with Gasteiger partial charge in [-0.3, -0.25) is 24.6 Å². The molecular weight excluding hydrogens is 228 g/mol. The molecule has 1 rings (SSSR count). The number of aliphatic carboxylic acids is 1. The van der Waals surface area contributed by atoms with Crippen molar-refractivity contribution in [1.29, 1.82) is 0 Å². The number of aliphatic hydroxyl groups is 1. The summed E-state index contributed by atoms with van der Waals surface area (Å²) in [5.74, 6) is -1.94. The topological polar surface area (TPSA) is 107 Å². The number of carbonyl (C=O) groups excluding carboxylic acids is 2. The van der Waals surface area contributed by atoms with E-state index in [1.54, 1.807) is 6.92 Å². The summed E-state index contributed by atoms with van der Waals surface area (Å²) in [4.78, 5) is 34.6. The summed E-state index contributed by atoms with van der Waals surface area (Å²) in [5.41, 5.74) is 0. The van der Waals surface area contributed by atoms with Crippen molar-refractivity contribution in [3.63, 3.8) is 0 Å². The van der Waals surface area contributed by atoms with Crippen LogP contribution in [-0.4, -0.2) is 58.1 Å². The van der Waals surface area contributed by atoms with Gasteiger partial charge in [0.15, 0.2) is 0 Å². The zero-order valence-corrected chi connectivity index (χ0v) is 9.55. The van der Waals surface area contributed by atoms with Gasteiger partial charge in [-0.15, -0.1) is 0 Å². The summed E-state index contributed by atoms with van der Waals surface area (Å²) in [6.07, 6.45) is -0.984. The largest absolute Gasteiger partial charge is 0.481 e. The van der Waals surface area contributed by atoms with Crippen molar-refractivity contribution in [3.8, 4) is 0 Å². The second-order valence-corrected chi connectivity index (χ2v) is 4.02. The Balaban J connectivity index is 2.62. The molecule has 1 aliphatic heterocycles. The first-order valence-corrected chi connectivity index (χ1v) is 5.41. The number of hydrogen-bond donors (Lipinski definition) is 3. The fourth-order valence-corrected chi connectivity index (χ4v) is 1.89. The standard InChI is InChI=1S/C10H16N2O5/c1-2-7-10(17)11-8(14)5-12(7)4-6(13)3-9(15)16/h6-7,13H,2-5H2,1H3,(H,15,16)(H,11,14,17). The minimum atomic E-state index is -1.11. The lowest BCUT2D eigenvalue weighted by Crippen LogP contribution is -2.59. The first-order valence-electron chi connectivity index (χ1n) is 5.41. The van der Waals surface area contributed by atoms with Gasteiger partial charge in [0.2, 0.25) is 11.8 Å². The molecule has 2 atom stereocenters. The summed E-state index contributed by atoms with van der Waals surface area (Å²) >= 11 is 0. The van der Waals surface area contributed by atoms with Gasteiger partial charge in [-0.1, -0.05) is 6.92 Å². The highest BCUT2D eigenvalue weighted by molar-refractivity contribution is 6.01. The number of aliphatic hydroxyl groups excluding tert-OH is 1. The molecule has 0 aromatic carbocycles. The van der Waals surface area contributed by atoms with Crippen LogP contribution in [0.15, 0.2) is 0 Å². The zero-order valence-electron chi connectivity index (χ0n) is 9.55. The third-order valence-electron chi connectivity index (χ3n) is 2.59. The maximum atomic E-state index is 11.5. The average molecular weight is 244 g/mol. The van der Waals surface area contributed by atoms with Crippen molar-refractivity contribution in [2.45, 2.75) is 31.9 Å². The van der Waals surface area contributed by atoms with Crippen LogP contribution >= 0.6 is 0 Å². The molecule has 0 aromatic rings. The Morgan fingerprint density at radius 2 is 2.24 bits per heavy atom. The third-order valence-corrected chi connectivity index (χ3v) is 2.59. The molecule has 1 fully saturated rings. The van der Waals surface area contributed by atoms with Crippen molar-refractivity contribution >= 4 is 17.8 Å². The minimum Gasteiger partial charge on any atom is -0.481 e. The Hall–Kier alpha value is -1.47. The van der Waals surface area contributed by atoms with Gasteiger partial charge in [0.05, 0.1) is 25.1 Å². The average Bonchev–Trinajstić information content (AvgIpc) is 2.15. The second kappa shape index (κ2) is 5.74. The molecule has 2 amide bonds. The Morgan fingerprint density at radius 1 is 1.59 bits per heavy atom. The molecule has 0 spiro atoms. The van der Waals surface area contributed by atoms with Crippen LogP contribution in [0, 0.1) is 0 Å². The van der Waals surface area contributed by atoms with Crippen LogP contribution < -0.4 is 5.32 Å². The Bertz CT molecular complexity index is 331. The normalized spacial score (nSPS) is 23.3. The van der Waals surface area contributed by atoms with E-state index in [2.05, 4.69) is 5.32 Å². The van der Waals surface area contributed by atoms with Gasteiger partial charge in [-0.2, -0.15) is 0 Å². The number of hydrogen-bond acceptors (Lipinski definition) is 5. The molecule has 0 aliphatic carbocycles. The van der Waals surface area contributed by atoms with Gasteiger partial charge in [0.1, 0.15) is 0 Å². The van der Waals surface area contributed by atoms with Gasteiger partial charge >= 0.3 is 5.97 Å². The number of carbonyl (C=O) groups is 3. The number of amides is 2. The predicted molar refractivity (Wildman–Crippen MR) is 57.1 cm³/mol. The first kappa shape index (κ1) is 13.6. The molecule has 96 valence electrons. The Kier molecular flexibility index (Phi) is 4.59. The van der Waals surface area contributed by atoms with Crippen molar-refractivity contribution in [2.24, 2.45) is 0 Å². The van der Waals surface area contributed by atoms with Crippen LogP contribution in [0.2, 0.25) is 0 Å². The van der Waals surface area contributed by atoms with Gasteiger partial charge < -0.3 is 10.2 Å². The summed E-state index contributed by atoms with van der Waals surface area (Å²) in [6.45, 7) is 1.79. The van der Waals surface area contributed by atoms with Crippen molar-refractivity contribution in [2.75, 3.05) is 13.1 Å². The van der Waals surface area contributed by atoms with Crippen molar-refractivity contribution < 1.29 is 24.6 Å². The molecule has 1 saturated heterocycles. The number of β-amino-alcohol motifs (C(OH)–C–C–N with tert-alkyl or cyclic N) is 1. The van der Waals surface area contributed by atoms with E-state index in [1.807, 2.05) is 0 Å².